The van der Waals surface area contributed by atoms with Crippen molar-refractivity contribution in [1.29, 1.82) is 0 Å². The zero-order valence-electron chi connectivity index (χ0n) is 91.0. The zero-order chi connectivity index (χ0) is 110. The molecule has 0 amide bonds. The summed E-state index contributed by atoms with van der Waals surface area (Å²) in [6.45, 7) is 60.9. The van der Waals surface area contributed by atoms with Gasteiger partial charge in [0.1, 0.15) is 88.6 Å². The topological polar surface area (TPSA) is 318 Å². The van der Waals surface area contributed by atoms with Crippen molar-refractivity contribution < 1.29 is 124 Å². The SMILES string of the molecule is C=C(C)C(=O)OCCCC(=O)OCCOc1ccc(C(C)C)cc1.C=C(C)C(=O)OCCOC(=O)Cc1ccc(C(C)C)cc1.C=CC(=O)OCCCC(=O)OCCOc1ccc(C(C)C)cc1.C=CC(=O)OCCCC(=O)Oc1ccc(C(C)C)cc1.C=CC(=O)OCCOC(=O)Cc1ccc(C(C)C)cc1.CC(C)OC(COc1ccc(C(C)C)cc1)CSC1=CCC=C1.CC(C)OCC(CSC1=CCC=C1)OC(C)C. The average Bonchev–Trinajstić information content (AvgIpc) is 1.11. The first-order chi connectivity index (χ1) is 70.5. The van der Waals surface area contributed by atoms with Gasteiger partial charge in [0, 0.05) is 70.0 Å². The molecule has 2 unspecified atom stereocenters. The maximum atomic E-state index is 11.6. The molecule has 0 radical (unpaired) electrons. The van der Waals surface area contributed by atoms with Crippen LogP contribution in [0.3, 0.4) is 0 Å². The fourth-order valence-electron chi connectivity index (χ4n) is 12.3. The summed E-state index contributed by atoms with van der Waals surface area (Å²) in [5, 5.41) is 0. The van der Waals surface area contributed by atoms with Gasteiger partial charge in [0.25, 0.3) is 0 Å². The normalized spacial score (nSPS) is 11.8. The molecular weight excluding hydrogens is 1920 g/mol. The highest BCUT2D eigenvalue weighted by molar-refractivity contribution is 8.03. The highest BCUT2D eigenvalue weighted by Gasteiger charge is 2.20. The van der Waals surface area contributed by atoms with E-state index in [1.165, 1.54) is 43.2 Å². The number of esters is 10. The van der Waals surface area contributed by atoms with E-state index in [-0.39, 0.29) is 152 Å². The Morgan fingerprint density at radius 2 is 0.588 bits per heavy atom. The lowest BCUT2D eigenvalue weighted by atomic mass is 10.0. The maximum Gasteiger partial charge on any atom is 0.333 e. The van der Waals surface area contributed by atoms with Crippen molar-refractivity contribution in [3.63, 3.8) is 0 Å². The summed E-state index contributed by atoms with van der Waals surface area (Å²) >= 11 is 3.70. The minimum atomic E-state index is -0.523. The standard InChI is InChI=1S/C20H28O2S.C19H26O5.C18H24O5.C17H22O4.2C16H20O4.C14H24O2S/c1-15(2)17-9-11-18(12-10-17)21-13-19(22-16(3)4)14-23-20-7-5-6-8-20;1-14(2)16-7-9-17(10-8-16)22-12-13-23-18(20)6-5-11-24-19(21)15(3)4;1-4-17(19)22-11-5-6-18(20)23-13-12-21-16-9-7-15(8-10-16)14(2)3;1-12(2)15-7-5-14(6-8-15)11-16(18)20-9-10-21-17(19)13(3)4;1-4-15(17)19-9-10-20-16(18)11-13-5-7-14(8-6-13)12(2)3;1-4-15(17)19-11-5-6-16(18)20-14-9-7-13(8-10-14)12(2)3;1-11(2)15-9-13(16-12(3)4)10-17-14-7-5-6-8-14/h5,7-12,15-16,19H,6,13-14H2,1-4H3;7-10,14H,3,5-6,11-13H2,1-2,4H3;4,7-10,14H,1,5-6,11-13H2,2-3H3;5-8,12H,3,9-11H2,1-2,4H3;4-8,12H,1,9-11H2,2-3H3;4,7-10,12H,1,5-6,11H2,2-3H3;5,7-8,11-13H,6,9-10H2,1-4H3. The quantitative estimate of drug-likeness (QED) is 0.0113. The molecule has 0 spiro atoms. The number of carbonyl (C=O) groups excluding carboxylic acids is 10. The van der Waals surface area contributed by atoms with Gasteiger partial charge in [-0.05, 0) is 216 Å². The molecule has 6 aromatic rings. The Morgan fingerprint density at radius 1 is 0.311 bits per heavy atom. The van der Waals surface area contributed by atoms with Gasteiger partial charge >= 0.3 is 59.7 Å². The Morgan fingerprint density at radius 3 is 0.899 bits per heavy atom. The number of rotatable bonds is 58. The largest absolute Gasteiger partial charge is 0.491 e. The Kier molecular flexibility index (Phi) is 70.2. The molecule has 0 N–H and O–H groups in total. The van der Waals surface area contributed by atoms with Crippen LogP contribution in [0.1, 0.15) is 270 Å². The van der Waals surface area contributed by atoms with Crippen LogP contribution in [-0.4, -0.2) is 188 Å². The lowest BCUT2D eigenvalue weighted by Gasteiger charge is -2.21. The predicted octanol–water partition coefficient (Wildman–Crippen LogP) is 25.1. The number of thioether (sulfide) groups is 2. The van der Waals surface area contributed by atoms with Crippen LogP contribution >= 0.6 is 23.5 Å². The number of ether oxygens (including phenoxy) is 16. The highest BCUT2D eigenvalue weighted by Crippen LogP contribution is 2.29. The number of hydrogen-bond donors (Lipinski definition) is 0. The molecule has 812 valence electrons. The molecule has 0 bridgehead atoms. The van der Waals surface area contributed by atoms with Gasteiger partial charge in [0.15, 0.2) is 0 Å². The molecule has 148 heavy (non-hydrogen) atoms. The lowest BCUT2D eigenvalue weighted by molar-refractivity contribution is -0.149. The van der Waals surface area contributed by atoms with Crippen LogP contribution < -0.4 is 18.9 Å². The van der Waals surface area contributed by atoms with E-state index in [0.29, 0.717) is 98.1 Å². The van der Waals surface area contributed by atoms with E-state index in [1.807, 2.05) is 133 Å². The summed E-state index contributed by atoms with van der Waals surface area (Å²) in [7, 11) is 0. The summed E-state index contributed by atoms with van der Waals surface area (Å²) < 4.78 is 83.7. The second-order valence-electron chi connectivity index (χ2n) is 36.8. The van der Waals surface area contributed by atoms with Gasteiger partial charge in [-0.25, -0.2) is 24.0 Å². The number of hydrogen-bond acceptors (Lipinski definition) is 28. The molecule has 8 rings (SSSR count). The van der Waals surface area contributed by atoms with E-state index in [4.69, 9.17) is 75.8 Å². The predicted molar refractivity (Wildman–Crippen MR) is 589 cm³/mol. The van der Waals surface area contributed by atoms with Gasteiger partial charge in [-0.15, -0.1) is 23.5 Å². The zero-order valence-corrected chi connectivity index (χ0v) is 92.7. The molecule has 6 aromatic carbocycles. The fraction of sp³-hybridized carbons (Fsp3) is 0.467. The highest BCUT2D eigenvalue weighted by atomic mass is 32.2. The van der Waals surface area contributed by atoms with Crippen LogP contribution in [0, 0.1) is 0 Å². The van der Waals surface area contributed by atoms with Crippen molar-refractivity contribution in [2.24, 2.45) is 0 Å². The molecule has 26 nitrogen and oxygen atoms in total. The van der Waals surface area contributed by atoms with Crippen LogP contribution in [0.15, 0.2) is 254 Å². The summed E-state index contributed by atoms with van der Waals surface area (Å²) in [6, 6.07) is 47.3. The molecule has 0 saturated carbocycles. The van der Waals surface area contributed by atoms with Gasteiger partial charge in [-0.2, -0.15) is 0 Å². The van der Waals surface area contributed by atoms with E-state index in [2.05, 4.69) is 218 Å². The minimum Gasteiger partial charge on any atom is -0.491 e. The average molecular weight is 2090 g/mol. The molecule has 28 heteroatoms. The number of carbonyl (C=O) groups is 10. The molecular formula is C120H164O26S2. The third-order valence-electron chi connectivity index (χ3n) is 20.6. The van der Waals surface area contributed by atoms with Crippen molar-refractivity contribution in [3.8, 4) is 23.0 Å². The van der Waals surface area contributed by atoms with Crippen LogP contribution in [0.5, 0.6) is 23.0 Å². The molecule has 2 aliphatic carbocycles. The monoisotopic (exact) mass is 2090 g/mol. The second kappa shape index (κ2) is 78.9. The van der Waals surface area contributed by atoms with Gasteiger partial charge in [-0.1, -0.05) is 249 Å². The first kappa shape index (κ1) is 132. The van der Waals surface area contributed by atoms with Crippen LogP contribution in [0.25, 0.3) is 0 Å². The van der Waals surface area contributed by atoms with Gasteiger partial charge < -0.3 is 75.8 Å². The van der Waals surface area contributed by atoms with Crippen molar-refractivity contribution in [1.82, 2.24) is 0 Å². The molecule has 0 aliphatic heterocycles. The van der Waals surface area contributed by atoms with Gasteiger partial charge in [-0.3, -0.25) is 24.0 Å². The Bertz CT molecular complexity index is 4930. The molecule has 0 saturated heterocycles. The second-order valence-corrected chi connectivity index (χ2v) is 39.0. The molecule has 0 fully saturated rings. The molecule has 2 atom stereocenters. The van der Waals surface area contributed by atoms with Gasteiger partial charge in [0.2, 0.25) is 0 Å². The third kappa shape index (κ3) is 66.1. The first-order valence-electron chi connectivity index (χ1n) is 50.7. The summed E-state index contributed by atoms with van der Waals surface area (Å²) in [5.74, 6) is 3.62. The summed E-state index contributed by atoms with van der Waals surface area (Å²) in [5.41, 5.74) is 9.98. The molecule has 0 aromatic heterocycles. The van der Waals surface area contributed by atoms with Crippen LogP contribution in [0.2, 0.25) is 0 Å². The lowest BCUT2D eigenvalue weighted by Crippen LogP contribution is -2.27. The van der Waals surface area contributed by atoms with E-state index < -0.39 is 29.8 Å². The Balaban J connectivity index is 0.000000585. The Labute approximate surface area is 889 Å². The summed E-state index contributed by atoms with van der Waals surface area (Å²) in [6.07, 6.45) is 21.9. The Hall–Kier alpha value is -12.3. The van der Waals surface area contributed by atoms with E-state index in [1.54, 1.807) is 26.0 Å². The smallest absolute Gasteiger partial charge is 0.333 e. The van der Waals surface area contributed by atoms with Crippen molar-refractivity contribution in [2.45, 2.75) is 269 Å². The minimum absolute atomic E-state index is 0.0445. The third-order valence-corrected chi connectivity index (χ3v) is 23.0. The van der Waals surface area contributed by atoms with E-state index in [0.717, 1.165) is 71.0 Å². The molecule has 2 aliphatic rings. The first-order valence-corrected chi connectivity index (χ1v) is 52.7. The van der Waals surface area contributed by atoms with E-state index in [9.17, 15) is 47.9 Å². The van der Waals surface area contributed by atoms with Crippen molar-refractivity contribution in [3.05, 3.63) is 299 Å². The number of benzene rings is 6. The molecule has 0 heterocycles. The summed E-state index contributed by atoms with van der Waals surface area (Å²) in [4.78, 5) is 115. The van der Waals surface area contributed by atoms with Crippen LogP contribution in [0.4, 0.5) is 0 Å². The van der Waals surface area contributed by atoms with Gasteiger partial charge in [0.05, 0.1) is 63.7 Å². The maximum absolute atomic E-state index is 11.6. The van der Waals surface area contributed by atoms with Crippen LogP contribution in [-0.2, 0) is 118 Å². The number of allylic oxidation sites excluding steroid dienone is 6. The van der Waals surface area contributed by atoms with E-state index >= 15 is 0 Å². The van der Waals surface area contributed by atoms with Crippen molar-refractivity contribution in [2.75, 3.05) is 97.4 Å². The van der Waals surface area contributed by atoms with Crippen molar-refractivity contribution >= 4 is 83.2 Å². The fourth-order valence-corrected chi connectivity index (χ4v) is 14.3.